The number of nitrogens with one attached hydrogen (secondary N) is 1. The van der Waals surface area contributed by atoms with Crippen molar-refractivity contribution >= 4 is 5.70 Å². The van der Waals surface area contributed by atoms with E-state index in [4.69, 9.17) is 0 Å². The summed E-state index contributed by atoms with van der Waals surface area (Å²) in [5, 5.41) is 1.91. The van der Waals surface area contributed by atoms with Crippen molar-refractivity contribution in [3.63, 3.8) is 0 Å². The number of hydrogen-bond acceptors (Lipinski definition) is 3. The zero-order chi connectivity index (χ0) is 17.3. The lowest BCUT2D eigenvalue weighted by molar-refractivity contribution is 0.353. The van der Waals surface area contributed by atoms with E-state index in [0.717, 1.165) is 17.7 Å². The molecule has 1 N–H and O–H groups in total. The van der Waals surface area contributed by atoms with Crippen molar-refractivity contribution in [1.82, 2.24) is 15.3 Å². The number of benzene rings is 1. The molecule has 1 atom stereocenters. The van der Waals surface area contributed by atoms with Gasteiger partial charge in [-0.2, -0.15) is 0 Å². The minimum absolute atomic E-state index is 0.0891. The summed E-state index contributed by atoms with van der Waals surface area (Å²) in [4.78, 5) is 2.40. The smallest absolute Gasteiger partial charge is 0.0490 e. The van der Waals surface area contributed by atoms with Gasteiger partial charge in [0.25, 0.3) is 0 Å². The van der Waals surface area contributed by atoms with Gasteiger partial charge in [0, 0.05) is 44.5 Å². The molecule has 1 saturated heterocycles. The first kappa shape index (κ1) is 16.8. The summed E-state index contributed by atoms with van der Waals surface area (Å²) in [5.41, 5.74) is 9.70. The molecule has 1 fully saturated rings. The van der Waals surface area contributed by atoms with Crippen molar-refractivity contribution in [3.05, 3.63) is 65.4 Å². The first-order valence-corrected chi connectivity index (χ1v) is 8.76. The number of rotatable bonds is 4. The third-order valence-corrected chi connectivity index (χ3v) is 5.14. The number of hydrogen-bond donors (Lipinski definition) is 1. The summed E-state index contributed by atoms with van der Waals surface area (Å²) >= 11 is 0. The van der Waals surface area contributed by atoms with Crippen LogP contribution in [0.1, 0.15) is 37.3 Å². The summed E-state index contributed by atoms with van der Waals surface area (Å²) < 4.78 is 0. The maximum Gasteiger partial charge on any atom is 0.0490 e. The molecule has 0 bridgehead atoms. The zero-order valence-corrected chi connectivity index (χ0v) is 15.4. The van der Waals surface area contributed by atoms with Gasteiger partial charge in [-0.15, -0.1) is 0 Å². The van der Waals surface area contributed by atoms with Gasteiger partial charge < -0.3 is 10.3 Å². The average molecular weight is 323 g/mol. The predicted molar refractivity (Wildman–Crippen MR) is 102 cm³/mol. The molecular formula is C21H29N3. The first-order valence-electron chi connectivity index (χ1n) is 8.76. The lowest BCUT2D eigenvalue weighted by atomic mass is 9.73. The molecule has 2 aliphatic rings. The lowest BCUT2D eigenvalue weighted by Crippen LogP contribution is -2.31. The van der Waals surface area contributed by atoms with Crippen molar-refractivity contribution in [2.75, 3.05) is 27.7 Å². The van der Waals surface area contributed by atoms with Crippen molar-refractivity contribution < 1.29 is 0 Å². The lowest BCUT2D eigenvalue weighted by Gasteiger charge is -2.38. The Morgan fingerprint density at radius 1 is 1.25 bits per heavy atom. The Labute approximate surface area is 146 Å². The molecule has 3 rings (SSSR count). The molecule has 1 aliphatic heterocycles. The van der Waals surface area contributed by atoms with E-state index in [2.05, 4.69) is 67.3 Å². The largest absolute Gasteiger partial charge is 0.375 e. The average Bonchev–Trinajstić information content (AvgIpc) is 2.54. The third kappa shape index (κ3) is 3.27. The molecule has 0 spiro atoms. The Morgan fingerprint density at radius 3 is 2.62 bits per heavy atom. The fraction of sp³-hybridized carbons (Fsp3) is 0.429. The molecule has 1 aromatic rings. The van der Waals surface area contributed by atoms with Gasteiger partial charge in [0.1, 0.15) is 0 Å². The highest BCUT2D eigenvalue weighted by atomic mass is 15.5. The fourth-order valence-corrected chi connectivity index (χ4v) is 3.77. The van der Waals surface area contributed by atoms with Gasteiger partial charge in [0.15, 0.2) is 0 Å². The monoisotopic (exact) mass is 323 g/mol. The van der Waals surface area contributed by atoms with Crippen LogP contribution >= 0.6 is 0 Å². The number of likely N-dealkylation sites (N-methyl/N-ethyl adjacent to an activating group) is 1. The molecular weight excluding hydrogens is 294 g/mol. The molecule has 3 nitrogen and oxygen atoms in total. The summed E-state index contributed by atoms with van der Waals surface area (Å²) in [6.45, 7) is 7.63. The number of nitrogens with zero attached hydrogens (tertiary/aromatic N) is 2. The Morgan fingerprint density at radius 2 is 1.96 bits per heavy atom. The van der Waals surface area contributed by atoms with E-state index >= 15 is 0 Å². The van der Waals surface area contributed by atoms with Crippen LogP contribution in [-0.2, 0) is 5.41 Å². The Bertz CT molecular complexity index is 682. The predicted octanol–water partition coefficient (Wildman–Crippen LogP) is 3.92. The maximum atomic E-state index is 4.11. The van der Waals surface area contributed by atoms with E-state index in [9.17, 15) is 0 Å². The van der Waals surface area contributed by atoms with Crippen LogP contribution in [0.4, 0.5) is 0 Å². The van der Waals surface area contributed by atoms with Crippen LogP contribution in [0.15, 0.2) is 54.3 Å². The molecule has 1 unspecified atom stereocenters. The molecule has 1 heterocycles. The Kier molecular flexibility index (Phi) is 4.55. The van der Waals surface area contributed by atoms with E-state index in [-0.39, 0.29) is 5.41 Å². The molecule has 128 valence electrons. The van der Waals surface area contributed by atoms with E-state index in [1.807, 2.05) is 19.1 Å². The van der Waals surface area contributed by atoms with Crippen molar-refractivity contribution in [1.29, 1.82) is 0 Å². The van der Waals surface area contributed by atoms with Gasteiger partial charge in [-0.1, -0.05) is 49.9 Å². The number of allylic oxidation sites excluding steroid dienone is 3. The van der Waals surface area contributed by atoms with E-state index in [1.165, 1.54) is 36.2 Å². The normalized spacial score (nSPS) is 23.5. The second-order valence-corrected chi connectivity index (χ2v) is 7.47. The molecule has 1 aromatic carbocycles. The minimum atomic E-state index is 0.0891. The quantitative estimate of drug-likeness (QED) is 0.847. The van der Waals surface area contributed by atoms with Crippen LogP contribution in [-0.4, -0.2) is 37.6 Å². The topological polar surface area (TPSA) is 18.5 Å². The van der Waals surface area contributed by atoms with Gasteiger partial charge in [0.05, 0.1) is 0 Å². The summed E-state index contributed by atoms with van der Waals surface area (Å²) in [6.07, 6.45) is 8.44. The Hall–Kier alpha value is -2.00. The van der Waals surface area contributed by atoms with Crippen LogP contribution < -0.4 is 5.43 Å². The number of hydrazine groups is 1. The zero-order valence-electron chi connectivity index (χ0n) is 15.4. The molecule has 3 heteroatoms. The maximum absolute atomic E-state index is 4.11. The SMILES string of the molecule is C=C(NN(C)C)c1ccc(C2(C)C=C3CCCN(C)C3=CC2)cc1. The number of piperidine rings is 1. The van der Waals surface area contributed by atoms with Crippen LogP contribution in [0.2, 0.25) is 0 Å². The second-order valence-electron chi connectivity index (χ2n) is 7.47. The summed E-state index contributed by atoms with van der Waals surface area (Å²) in [7, 11) is 6.15. The fourth-order valence-electron chi connectivity index (χ4n) is 3.77. The first-order chi connectivity index (χ1) is 11.4. The third-order valence-electron chi connectivity index (χ3n) is 5.14. The van der Waals surface area contributed by atoms with Gasteiger partial charge in [-0.25, -0.2) is 5.01 Å². The van der Waals surface area contributed by atoms with Crippen LogP contribution in [0.5, 0.6) is 0 Å². The second kappa shape index (κ2) is 6.48. The van der Waals surface area contributed by atoms with Gasteiger partial charge in [-0.3, -0.25) is 0 Å². The van der Waals surface area contributed by atoms with E-state index < -0.39 is 0 Å². The highest BCUT2D eigenvalue weighted by Crippen LogP contribution is 2.40. The van der Waals surface area contributed by atoms with Crippen LogP contribution in [0.3, 0.4) is 0 Å². The summed E-state index contributed by atoms with van der Waals surface area (Å²) in [5.74, 6) is 0. The van der Waals surface area contributed by atoms with Crippen molar-refractivity contribution in [2.24, 2.45) is 0 Å². The van der Waals surface area contributed by atoms with Crippen LogP contribution in [0.25, 0.3) is 5.70 Å². The van der Waals surface area contributed by atoms with E-state index in [0.29, 0.717) is 0 Å². The molecule has 0 amide bonds. The summed E-state index contributed by atoms with van der Waals surface area (Å²) in [6, 6.07) is 8.84. The van der Waals surface area contributed by atoms with Gasteiger partial charge in [-0.05, 0) is 36.0 Å². The van der Waals surface area contributed by atoms with Crippen LogP contribution in [0, 0.1) is 0 Å². The molecule has 1 aliphatic carbocycles. The standard InChI is InChI=1S/C21H29N3/c1-16(22-23(3)4)17-8-10-19(11-9-17)21(2)13-12-20-18(15-21)7-6-14-24(20)5/h8-12,15,22H,1,6-7,13-14H2,2-5H3. The highest BCUT2D eigenvalue weighted by Gasteiger charge is 2.30. The Balaban J connectivity index is 1.82. The number of likely N-dealkylation sites (tertiary alicyclic amines) is 1. The molecule has 0 aromatic heterocycles. The number of fused-ring (bicyclic) bond motifs is 1. The van der Waals surface area contributed by atoms with Crippen molar-refractivity contribution in [2.45, 2.75) is 31.6 Å². The van der Waals surface area contributed by atoms with Crippen molar-refractivity contribution in [3.8, 4) is 0 Å². The van der Waals surface area contributed by atoms with Gasteiger partial charge in [0.2, 0.25) is 0 Å². The minimum Gasteiger partial charge on any atom is -0.375 e. The van der Waals surface area contributed by atoms with Gasteiger partial charge >= 0.3 is 0 Å². The highest BCUT2D eigenvalue weighted by molar-refractivity contribution is 5.62. The molecule has 24 heavy (non-hydrogen) atoms. The molecule has 0 radical (unpaired) electrons. The molecule has 0 saturated carbocycles. The van der Waals surface area contributed by atoms with E-state index in [1.54, 1.807) is 0 Å².